The maximum Gasteiger partial charge on any atom is 0.252 e. The number of nitrogens with two attached hydrogens (primary N) is 1. The van der Waals surface area contributed by atoms with E-state index in [1.54, 1.807) is 12.4 Å². The van der Waals surface area contributed by atoms with E-state index >= 15 is 0 Å². The normalized spacial score (nSPS) is 10.6. The summed E-state index contributed by atoms with van der Waals surface area (Å²) in [7, 11) is 0. The van der Waals surface area contributed by atoms with Gasteiger partial charge in [0.1, 0.15) is 11.3 Å². The van der Waals surface area contributed by atoms with Crippen molar-refractivity contribution in [1.82, 2.24) is 15.0 Å². The monoisotopic (exact) mass is 190 g/mol. The minimum atomic E-state index is -0.475. The quantitative estimate of drug-likeness (QED) is 0.727. The minimum Gasteiger partial charge on any atom is -0.365 e. The van der Waals surface area contributed by atoms with E-state index in [0.29, 0.717) is 16.9 Å². The van der Waals surface area contributed by atoms with Gasteiger partial charge in [0.05, 0.1) is 17.3 Å². The Kier molecular flexibility index (Phi) is 1.92. The lowest BCUT2D eigenvalue weighted by atomic mass is 10.2. The van der Waals surface area contributed by atoms with Gasteiger partial charge in [-0.15, -0.1) is 0 Å². The molecule has 2 aromatic rings. The summed E-state index contributed by atoms with van der Waals surface area (Å²) in [6, 6.07) is 0. The molecular formula is C9H10N4O. The van der Waals surface area contributed by atoms with Gasteiger partial charge in [-0.25, -0.2) is 9.97 Å². The molecule has 0 aliphatic heterocycles. The number of aromatic amines is 1. The smallest absolute Gasteiger partial charge is 0.252 e. The van der Waals surface area contributed by atoms with Crippen LogP contribution in [0.1, 0.15) is 23.1 Å². The molecule has 0 saturated heterocycles. The third-order valence-corrected chi connectivity index (χ3v) is 2.05. The molecule has 2 rings (SSSR count). The first kappa shape index (κ1) is 8.68. The highest BCUT2D eigenvalue weighted by atomic mass is 16.1. The molecule has 0 aliphatic rings. The third kappa shape index (κ3) is 1.22. The number of carbonyl (C=O) groups excluding carboxylic acids is 1. The Balaban J connectivity index is 2.69. The van der Waals surface area contributed by atoms with Gasteiger partial charge in [0, 0.05) is 12.6 Å². The van der Waals surface area contributed by atoms with Gasteiger partial charge in [-0.2, -0.15) is 0 Å². The van der Waals surface area contributed by atoms with Crippen molar-refractivity contribution < 1.29 is 4.79 Å². The summed E-state index contributed by atoms with van der Waals surface area (Å²) in [6.45, 7) is 1.96. The highest BCUT2D eigenvalue weighted by Crippen LogP contribution is 2.14. The number of amides is 1. The van der Waals surface area contributed by atoms with Crippen LogP contribution >= 0.6 is 0 Å². The molecule has 0 aromatic carbocycles. The molecule has 2 aromatic heterocycles. The van der Waals surface area contributed by atoms with Gasteiger partial charge in [0.15, 0.2) is 0 Å². The first-order valence-electron chi connectivity index (χ1n) is 4.35. The van der Waals surface area contributed by atoms with Crippen molar-refractivity contribution in [3.8, 4) is 0 Å². The Morgan fingerprint density at radius 2 is 2.43 bits per heavy atom. The van der Waals surface area contributed by atoms with Gasteiger partial charge in [0.25, 0.3) is 5.91 Å². The van der Waals surface area contributed by atoms with E-state index in [2.05, 4.69) is 15.0 Å². The Hall–Kier alpha value is -1.91. The van der Waals surface area contributed by atoms with Gasteiger partial charge >= 0.3 is 0 Å². The number of primary amides is 1. The van der Waals surface area contributed by atoms with E-state index in [9.17, 15) is 4.79 Å². The van der Waals surface area contributed by atoms with E-state index < -0.39 is 5.91 Å². The molecule has 5 nitrogen and oxygen atoms in total. The molecule has 0 spiro atoms. The van der Waals surface area contributed by atoms with Crippen molar-refractivity contribution in [3.63, 3.8) is 0 Å². The minimum absolute atomic E-state index is 0.414. The van der Waals surface area contributed by atoms with Crippen LogP contribution in [0.3, 0.4) is 0 Å². The lowest BCUT2D eigenvalue weighted by molar-refractivity contribution is 0.100. The molecular weight excluding hydrogens is 180 g/mol. The van der Waals surface area contributed by atoms with Crippen LogP contribution in [-0.4, -0.2) is 20.9 Å². The summed E-state index contributed by atoms with van der Waals surface area (Å²) < 4.78 is 0. The summed E-state index contributed by atoms with van der Waals surface area (Å²) in [5.41, 5.74) is 6.94. The average molecular weight is 190 g/mol. The second kappa shape index (κ2) is 3.10. The van der Waals surface area contributed by atoms with Crippen molar-refractivity contribution in [2.45, 2.75) is 13.3 Å². The summed E-state index contributed by atoms with van der Waals surface area (Å²) in [6.07, 6.45) is 3.95. The molecule has 5 heteroatoms. The largest absolute Gasteiger partial charge is 0.365 e. The van der Waals surface area contributed by atoms with Crippen molar-refractivity contribution in [1.29, 1.82) is 0 Å². The van der Waals surface area contributed by atoms with Crippen LogP contribution in [0.25, 0.3) is 11.0 Å². The highest BCUT2D eigenvalue weighted by molar-refractivity contribution is 6.04. The van der Waals surface area contributed by atoms with Crippen LogP contribution in [0.15, 0.2) is 12.4 Å². The third-order valence-electron chi connectivity index (χ3n) is 2.05. The zero-order valence-electron chi connectivity index (χ0n) is 7.74. The van der Waals surface area contributed by atoms with Crippen molar-refractivity contribution in [2.24, 2.45) is 5.73 Å². The number of aromatic nitrogens is 3. The average Bonchev–Trinajstić information content (AvgIpc) is 2.59. The fourth-order valence-electron chi connectivity index (χ4n) is 1.31. The number of H-pyrrole nitrogens is 1. The van der Waals surface area contributed by atoms with Crippen LogP contribution in [0.4, 0.5) is 0 Å². The first-order chi connectivity index (χ1) is 6.72. The maximum absolute atomic E-state index is 11.0. The van der Waals surface area contributed by atoms with Crippen molar-refractivity contribution in [3.05, 3.63) is 23.8 Å². The van der Waals surface area contributed by atoms with Crippen molar-refractivity contribution >= 4 is 16.9 Å². The number of aryl methyl sites for hydroxylation is 1. The van der Waals surface area contributed by atoms with Crippen LogP contribution in [0, 0.1) is 0 Å². The van der Waals surface area contributed by atoms with Crippen LogP contribution < -0.4 is 5.73 Å². The molecule has 0 aliphatic carbocycles. The van der Waals surface area contributed by atoms with Gasteiger partial charge in [-0.05, 0) is 0 Å². The van der Waals surface area contributed by atoms with E-state index in [1.165, 1.54) is 0 Å². The molecule has 2 heterocycles. The van der Waals surface area contributed by atoms with Crippen molar-refractivity contribution in [2.75, 3.05) is 0 Å². The lowest BCUT2D eigenvalue weighted by Gasteiger charge is -1.95. The molecule has 3 N–H and O–H groups in total. The lowest BCUT2D eigenvalue weighted by Crippen LogP contribution is -2.10. The number of nitrogens with zero attached hydrogens (tertiary/aromatic N) is 2. The summed E-state index contributed by atoms with van der Waals surface area (Å²) in [5.74, 6) is 0.233. The first-order valence-corrected chi connectivity index (χ1v) is 4.35. The molecule has 0 fully saturated rings. The molecule has 0 unspecified atom stereocenters. The molecule has 72 valence electrons. The highest BCUT2D eigenvalue weighted by Gasteiger charge is 2.10. The predicted octanol–water partition coefficient (Wildman–Crippen LogP) is 0.619. The Morgan fingerprint density at radius 1 is 1.64 bits per heavy atom. The SMILES string of the molecule is CCc1ncc2[nH]cc(C(N)=O)c2n1. The standard InChI is InChI=1S/C9H10N4O/c1-2-7-12-4-6-8(13-7)5(3-11-6)9(10)14/h3-4,11H,2H2,1H3,(H2,10,14). The van der Waals surface area contributed by atoms with E-state index in [0.717, 1.165) is 11.9 Å². The summed E-state index contributed by atoms with van der Waals surface area (Å²) in [4.78, 5) is 22.2. The van der Waals surface area contributed by atoms with Crippen LogP contribution in [-0.2, 0) is 6.42 Å². The maximum atomic E-state index is 11.0. The second-order valence-corrected chi connectivity index (χ2v) is 2.97. The molecule has 1 amide bonds. The predicted molar refractivity (Wildman–Crippen MR) is 51.8 cm³/mol. The Labute approximate surface area is 80.4 Å². The number of rotatable bonds is 2. The zero-order chi connectivity index (χ0) is 10.1. The Bertz CT molecular complexity index is 489. The number of fused-ring (bicyclic) bond motifs is 1. The van der Waals surface area contributed by atoms with E-state index in [-0.39, 0.29) is 0 Å². The molecule has 0 saturated carbocycles. The topological polar surface area (TPSA) is 84.7 Å². The fraction of sp³-hybridized carbons (Fsp3) is 0.222. The van der Waals surface area contributed by atoms with E-state index in [1.807, 2.05) is 6.92 Å². The molecule has 14 heavy (non-hydrogen) atoms. The number of hydrogen-bond donors (Lipinski definition) is 2. The van der Waals surface area contributed by atoms with Gasteiger partial charge < -0.3 is 10.7 Å². The Morgan fingerprint density at radius 3 is 3.07 bits per heavy atom. The molecule has 0 bridgehead atoms. The number of hydrogen-bond acceptors (Lipinski definition) is 3. The second-order valence-electron chi connectivity index (χ2n) is 2.97. The molecule has 0 atom stereocenters. The van der Waals surface area contributed by atoms with Gasteiger partial charge in [-0.1, -0.05) is 6.92 Å². The summed E-state index contributed by atoms with van der Waals surface area (Å²) in [5, 5.41) is 0. The molecule has 0 radical (unpaired) electrons. The number of carbonyl (C=O) groups is 1. The summed E-state index contributed by atoms with van der Waals surface area (Å²) >= 11 is 0. The van der Waals surface area contributed by atoms with Gasteiger partial charge in [0.2, 0.25) is 0 Å². The van der Waals surface area contributed by atoms with Crippen LogP contribution in [0.5, 0.6) is 0 Å². The van der Waals surface area contributed by atoms with E-state index in [4.69, 9.17) is 5.73 Å². The van der Waals surface area contributed by atoms with Gasteiger partial charge in [-0.3, -0.25) is 4.79 Å². The number of nitrogens with one attached hydrogen (secondary N) is 1. The van der Waals surface area contributed by atoms with Crippen LogP contribution in [0.2, 0.25) is 0 Å². The fourth-order valence-corrected chi connectivity index (χ4v) is 1.31. The zero-order valence-corrected chi connectivity index (χ0v) is 7.74.